The normalized spacial score (nSPS) is 11.1. The van der Waals surface area contributed by atoms with Gasteiger partial charge in [-0.15, -0.1) is 11.3 Å². The molecule has 0 aliphatic rings. The van der Waals surface area contributed by atoms with Crippen LogP contribution in [0.3, 0.4) is 0 Å². The number of carbonyl (C=O) groups is 1. The quantitative estimate of drug-likeness (QED) is 0.684. The Morgan fingerprint density at radius 1 is 1.37 bits per heavy atom. The number of nitrogens with zero attached hydrogens (tertiary/aromatic N) is 2. The Bertz CT molecular complexity index is 743. The van der Waals surface area contributed by atoms with E-state index in [1.54, 1.807) is 29.7 Å². The number of carbonyl (C=O) groups excluding carboxylic acids is 1. The number of hydrogen-bond acceptors (Lipinski definition) is 3. The van der Waals surface area contributed by atoms with Crippen LogP contribution in [0.5, 0.6) is 0 Å². The summed E-state index contributed by atoms with van der Waals surface area (Å²) in [5, 5.41) is 0. The van der Waals surface area contributed by atoms with Crippen LogP contribution in [0.1, 0.15) is 22.3 Å². The van der Waals surface area contributed by atoms with Crippen LogP contribution in [0, 0.1) is 5.82 Å². The molecular weight excluding hydrogens is 263 g/mol. The Hall–Kier alpha value is -2.01. The number of aldehydes is 1. The van der Waals surface area contributed by atoms with Crippen LogP contribution >= 0.6 is 11.3 Å². The zero-order valence-corrected chi connectivity index (χ0v) is 11.1. The maximum Gasteiger partial charge on any atom is 0.194 e. The van der Waals surface area contributed by atoms with Gasteiger partial charge in [-0.25, -0.2) is 9.37 Å². The highest BCUT2D eigenvalue weighted by molar-refractivity contribution is 7.17. The maximum atomic E-state index is 13.0. The van der Waals surface area contributed by atoms with E-state index < -0.39 is 0 Å². The molecule has 19 heavy (non-hydrogen) atoms. The van der Waals surface area contributed by atoms with Crippen molar-refractivity contribution in [2.75, 3.05) is 0 Å². The van der Waals surface area contributed by atoms with E-state index in [2.05, 4.69) is 11.9 Å². The van der Waals surface area contributed by atoms with Crippen molar-refractivity contribution in [2.24, 2.45) is 0 Å². The summed E-state index contributed by atoms with van der Waals surface area (Å²) in [5.74, 6) is -0.269. The molecule has 0 N–H and O–H groups in total. The molecule has 96 valence electrons. The minimum Gasteiger partial charge on any atom is -0.296 e. The molecule has 5 heteroatoms. The first-order valence-corrected chi connectivity index (χ1v) is 6.76. The minimum absolute atomic E-state index is 0.269. The SMILES string of the molecule is CCc1sc2ncc(C=O)n2c1-c1ccc(F)cc1. The van der Waals surface area contributed by atoms with E-state index in [0.717, 1.165) is 33.8 Å². The van der Waals surface area contributed by atoms with Crippen LogP contribution in [0.15, 0.2) is 30.5 Å². The van der Waals surface area contributed by atoms with Gasteiger partial charge in [-0.2, -0.15) is 0 Å². The fraction of sp³-hybridized carbons (Fsp3) is 0.143. The summed E-state index contributed by atoms with van der Waals surface area (Å²) in [6, 6.07) is 6.31. The molecule has 3 aromatic rings. The van der Waals surface area contributed by atoms with Crippen molar-refractivity contribution >= 4 is 22.6 Å². The fourth-order valence-electron chi connectivity index (χ4n) is 2.15. The number of fused-ring (bicyclic) bond motifs is 1. The molecule has 1 aromatic carbocycles. The van der Waals surface area contributed by atoms with E-state index in [9.17, 15) is 9.18 Å². The van der Waals surface area contributed by atoms with Crippen LogP contribution in [0.25, 0.3) is 16.2 Å². The van der Waals surface area contributed by atoms with Crippen LogP contribution in [0.2, 0.25) is 0 Å². The lowest BCUT2D eigenvalue weighted by atomic mass is 10.1. The molecule has 2 heterocycles. The lowest BCUT2D eigenvalue weighted by molar-refractivity contribution is 0.111. The highest BCUT2D eigenvalue weighted by Gasteiger charge is 2.16. The van der Waals surface area contributed by atoms with Crippen molar-refractivity contribution in [3.05, 3.63) is 46.9 Å². The van der Waals surface area contributed by atoms with Gasteiger partial charge in [0.05, 0.1) is 11.9 Å². The zero-order valence-electron chi connectivity index (χ0n) is 10.3. The smallest absolute Gasteiger partial charge is 0.194 e. The molecule has 0 fully saturated rings. The Balaban J connectivity index is 2.33. The molecular formula is C14H11FN2OS. The first kappa shape index (κ1) is 12.0. The molecule has 0 aliphatic heterocycles. The number of thiazole rings is 1. The topological polar surface area (TPSA) is 34.4 Å². The predicted molar refractivity (Wildman–Crippen MR) is 73.2 cm³/mol. The summed E-state index contributed by atoms with van der Waals surface area (Å²) in [6.07, 6.45) is 3.20. The van der Waals surface area contributed by atoms with E-state index in [-0.39, 0.29) is 5.82 Å². The van der Waals surface area contributed by atoms with Gasteiger partial charge < -0.3 is 0 Å². The average Bonchev–Trinajstić information content (AvgIpc) is 2.97. The second-order valence-electron chi connectivity index (χ2n) is 4.15. The fourth-order valence-corrected chi connectivity index (χ4v) is 3.21. The van der Waals surface area contributed by atoms with Crippen molar-refractivity contribution in [1.82, 2.24) is 9.38 Å². The summed E-state index contributed by atoms with van der Waals surface area (Å²) in [4.78, 5) is 17.3. The molecule has 0 saturated carbocycles. The van der Waals surface area contributed by atoms with Gasteiger partial charge >= 0.3 is 0 Å². The summed E-state index contributed by atoms with van der Waals surface area (Å²) >= 11 is 1.56. The lowest BCUT2D eigenvalue weighted by Crippen LogP contribution is -1.94. The molecule has 2 aromatic heterocycles. The number of aromatic nitrogens is 2. The molecule has 0 saturated heterocycles. The first-order chi connectivity index (χ1) is 9.24. The number of imidazole rings is 1. The third-order valence-corrected chi connectivity index (χ3v) is 4.22. The zero-order chi connectivity index (χ0) is 13.4. The number of halogens is 1. The van der Waals surface area contributed by atoms with E-state index in [1.807, 2.05) is 4.40 Å². The second-order valence-corrected chi connectivity index (χ2v) is 5.22. The van der Waals surface area contributed by atoms with Gasteiger partial charge in [0, 0.05) is 4.88 Å². The Labute approximate surface area is 113 Å². The van der Waals surface area contributed by atoms with Gasteiger partial charge in [0.15, 0.2) is 11.2 Å². The summed E-state index contributed by atoms with van der Waals surface area (Å²) in [5.41, 5.74) is 2.35. The molecule has 0 unspecified atom stereocenters. The van der Waals surface area contributed by atoms with Crippen LogP contribution < -0.4 is 0 Å². The van der Waals surface area contributed by atoms with Crippen molar-refractivity contribution in [2.45, 2.75) is 13.3 Å². The van der Waals surface area contributed by atoms with Crippen LogP contribution in [0.4, 0.5) is 4.39 Å². The number of hydrogen-bond donors (Lipinski definition) is 0. The van der Waals surface area contributed by atoms with Gasteiger partial charge in [-0.1, -0.05) is 6.92 Å². The number of rotatable bonds is 3. The van der Waals surface area contributed by atoms with Gasteiger partial charge in [-0.05, 0) is 36.2 Å². The molecule has 0 spiro atoms. The lowest BCUT2D eigenvalue weighted by Gasteiger charge is -2.04. The van der Waals surface area contributed by atoms with Gasteiger partial charge in [0.25, 0.3) is 0 Å². The van der Waals surface area contributed by atoms with E-state index in [4.69, 9.17) is 0 Å². The molecule has 3 rings (SSSR count). The van der Waals surface area contributed by atoms with E-state index >= 15 is 0 Å². The summed E-state index contributed by atoms with van der Waals surface area (Å²) in [7, 11) is 0. The predicted octanol–water partition coefficient (Wildman–Crippen LogP) is 3.58. The van der Waals surface area contributed by atoms with Crippen molar-refractivity contribution in [3.63, 3.8) is 0 Å². The van der Waals surface area contributed by atoms with Crippen molar-refractivity contribution in [1.29, 1.82) is 0 Å². The highest BCUT2D eigenvalue weighted by atomic mass is 32.1. The average molecular weight is 274 g/mol. The van der Waals surface area contributed by atoms with Gasteiger partial charge in [0.1, 0.15) is 11.5 Å². The molecule has 0 amide bonds. The molecule has 0 radical (unpaired) electrons. The molecule has 0 bridgehead atoms. The van der Waals surface area contributed by atoms with Crippen LogP contribution in [-0.2, 0) is 6.42 Å². The molecule has 0 aliphatic carbocycles. The first-order valence-electron chi connectivity index (χ1n) is 5.94. The van der Waals surface area contributed by atoms with Gasteiger partial charge in [-0.3, -0.25) is 9.20 Å². The van der Waals surface area contributed by atoms with E-state index in [0.29, 0.717) is 5.69 Å². The Kier molecular flexibility index (Phi) is 2.91. The Morgan fingerprint density at radius 3 is 2.74 bits per heavy atom. The minimum atomic E-state index is -0.269. The van der Waals surface area contributed by atoms with Crippen molar-refractivity contribution < 1.29 is 9.18 Å². The molecule has 3 nitrogen and oxygen atoms in total. The monoisotopic (exact) mass is 274 g/mol. The number of benzene rings is 1. The van der Waals surface area contributed by atoms with E-state index in [1.165, 1.54) is 12.1 Å². The standard InChI is InChI=1S/C14H11FN2OS/c1-2-12-13(9-3-5-10(15)6-4-9)17-11(8-18)7-16-14(17)19-12/h3-8H,2H2,1H3. The van der Waals surface area contributed by atoms with Crippen LogP contribution in [-0.4, -0.2) is 15.7 Å². The third kappa shape index (κ3) is 1.86. The maximum absolute atomic E-state index is 13.0. The Morgan fingerprint density at radius 2 is 2.11 bits per heavy atom. The summed E-state index contributed by atoms with van der Waals surface area (Å²) in [6.45, 7) is 2.05. The summed E-state index contributed by atoms with van der Waals surface area (Å²) < 4.78 is 14.9. The molecule has 0 atom stereocenters. The van der Waals surface area contributed by atoms with Gasteiger partial charge in [0.2, 0.25) is 0 Å². The number of aryl methyl sites for hydroxylation is 1. The second kappa shape index (κ2) is 4.59. The highest BCUT2D eigenvalue weighted by Crippen LogP contribution is 2.32. The third-order valence-electron chi connectivity index (χ3n) is 3.02. The van der Waals surface area contributed by atoms with Crippen molar-refractivity contribution in [3.8, 4) is 11.3 Å². The largest absolute Gasteiger partial charge is 0.296 e.